The predicted molar refractivity (Wildman–Crippen MR) is 94.7 cm³/mol. The van der Waals surface area contributed by atoms with E-state index in [1.807, 2.05) is 31.5 Å². The number of pyridine rings is 1. The quantitative estimate of drug-likeness (QED) is 0.465. The summed E-state index contributed by atoms with van der Waals surface area (Å²) in [4.78, 5) is 8.75. The van der Waals surface area contributed by atoms with E-state index in [9.17, 15) is 0 Å². The normalized spacial score (nSPS) is 12.7. The summed E-state index contributed by atoms with van der Waals surface area (Å²) in [5, 5.41) is -0.104. The topological polar surface area (TPSA) is 30.7 Å². The third-order valence-electron chi connectivity index (χ3n) is 3.47. The third kappa shape index (κ3) is 3.21. The Hall–Kier alpha value is -1.14. The molecule has 1 aromatic carbocycles. The first-order valence-corrected chi connectivity index (χ1v) is 8.35. The number of hydrogen-bond donors (Lipinski definition) is 0. The van der Waals surface area contributed by atoms with Crippen molar-refractivity contribution >= 4 is 45.2 Å². The van der Waals surface area contributed by atoms with Crippen LogP contribution < -0.4 is 0 Å². The van der Waals surface area contributed by atoms with Gasteiger partial charge in [-0.25, -0.2) is 4.98 Å². The number of hydrogen-bond acceptors (Lipinski definition) is 2. The van der Waals surface area contributed by atoms with Gasteiger partial charge in [0.25, 0.3) is 0 Å². The standard InChI is InChI=1S/C16H15ClIN3/c1-11(17)16-20-14-10-13(18)2-3-15(14)21(16)9-6-12-4-7-19-8-5-12/h2-5,7-8,10-11H,6,9H2,1H3. The van der Waals surface area contributed by atoms with Gasteiger partial charge in [-0.2, -0.15) is 0 Å². The molecule has 0 aliphatic carbocycles. The molecule has 3 aromatic rings. The van der Waals surface area contributed by atoms with Gasteiger partial charge in [0.1, 0.15) is 5.82 Å². The van der Waals surface area contributed by atoms with Gasteiger partial charge in [0.2, 0.25) is 0 Å². The van der Waals surface area contributed by atoms with Gasteiger partial charge in [-0.3, -0.25) is 4.98 Å². The van der Waals surface area contributed by atoms with Crippen LogP contribution in [0.3, 0.4) is 0 Å². The van der Waals surface area contributed by atoms with E-state index in [0.29, 0.717) is 0 Å². The van der Waals surface area contributed by atoms with Crippen molar-refractivity contribution in [1.29, 1.82) is 0 Å². The molecule has 0 saturated heterocycles. The molecule has 2 heterocycles. The van der Waals surface area contributed by atoms with Gasteiger partial charge in [0.15, 0.2) is 0 Å². The first-order valence-electron chi connectivity index (χ1n) is 6.84. The number of benzene rings is 1. The Morgan fingerprint density at radius 1 is 1.24 bits per heavy atom. The van der Waals surface area contributed by atoms with Crippen molar-refractivity contribution in [1.82, 2.24) is 14.5 Å². The van der Waals surface area contributed by atoms with Crippen LogP contribution in [0.25, 0.3) is 11.0 Å². The maximum atomic E-state index is 6.31. The Morgan fingerprint density at radius 2 is 2.00 bits per heavy atom. The Labute approximate surface area is 142 Å². The van der Waals surface area contributed by atoms with Crippen molar-refractivity contribution < 1.29 is 0 Å². The van der Waals surface area contributed by atoms with Crippen LogP contribution in [0.5, 0.6) is 0 Å². The number of nitrogens with zero attached hydrogens (tertiary/aromatic N) is 3. The van der Waals surface area contributed by atoms with Crippen LogP contribution in [-0.2, 0) is 13.0 Å². The average Bonchev–Trinajstić information content (AvgIpc) is 2.84. The van der Waals surface area contributed by atoms with E-state index in [2.05, 4.69) is 50.3 Å². The summed E-state index contributed by atoms with van der Waals surface area (Å²) in [6.45, 7) is 2.84. The number of halogens is 2. The molecule has 0 spiro atoms. The van der Waals surface area contributed by atoms with E-state index < -0.39 is 0 Å². The lowest BCUT2D eigenvalue weighted by molar-refractivity contribution is 0.668. The van der Waals surface area contributed by atoms with E-state index in [1.165, 1.54) is 9.13 Å². The van der Waals surface area contributed by atoms with Crippen molar-refractivity contribution in [3.8, 4) is 0 Å². The summed E-state index contributed by atoms with van der Waals surface area (Å²) < 4.78 is 3.41. The lowest BCUT2D eigenvalue weighted by atomic mass is 10.2. The second-order valence-corrected chi connectivity index (χ2v) is 6.88. The molecule has 3 rings (SSSR count). The summed E-state index contributed by atoms with van der Waals surface area (Å²) in [7, 11) is 0. The number of rotatable bonds is 4. The molecule has 108 valence electrons. The van der Waals surface area contributed by atoms with Crippen molar-refractivity contribution in [2.24, 2.45) is 0 Å². The van der Waals surface area contributed by atoms with Gasteiger partial charge in [0.05, 0.1) is 16.4 Å². The van der Waals surface area contributed by atoms with Crippen LogP contribution in [0, 0.1) is 3.57 Å². The van der Waals surface area contributed by atoms with E-state index >= 15 is 0 Å². The molecule has 0 N–H and O–H groups in total. The Bertz CT molecular complexity index is 753. The molecule has 0 aliphatic rings. The summed E-state index contributed by atoms with van der Waals surface area (Å²) in [6.07, 6.45) is 4.60. The molecule has 0 radical (unpaired) electrons. The number of aromatic nitrogens is 3. The lowest BCUT2D eigenvalue weighted by Crippen LogP contribution is -2.07. The van der Waals surface area contributed by atoms with Gasteiger partial charge < -0.3 is 4.57 Å². The molecule has 5 heteroatoms. The monoisotopic (exact) mass is 411 g/mol. The molecule has 0 amide bonds. The minimum absolute atomic E-state index is 0.104. The molecular weight excluding hydrogens is 397 g/mol. The van der Waals surface area contributed by atoms with Crippen LogP contribution >= 0.6 is 34.2 Å². The zero-order valence-corrected chi connectivity index (χ0v) is 14.5. The highest BCUT2D eigenvalue weighted by atomic mass is 127. The highest BCUT2D eigenvalue weighted by molar-refractivity contribution is 14.1. The second-order valence-electron chi connectivity index (χ2n) is 4.98. The first-order chi connectivity index (χ1) is 10.1. The molecule has 21 heavy (non-hydrogen) atoms. The van der Waals surface area contributed by atoms with Gasteiger partial charge in [0, 0.05) is 22.5 Å². The fourth-order valence-electron chi connectivity index (χ4n) is 2.45. The zero-order chi connectivity index (χ0) is 14.8. The van der Waals surface area contributed by atoms with Gasteiger partial charge in [-0.05, 0) is 71.8 Å². The van der Waals surface area contributed by atoms with E-state index in [1.54, 1.807) is 0 Å². The molecule has 0 saturated carbocycles. The largest absolute Gasteiger partial charge is 0.326 e. The average molecular weight is 412 g/mol. The van der Waals surface area contributed by atoms with Crippen LogP contribution in [-0.4, -0.2) is 14.5 Å². The summed E-state index contributed by atoms with van der Waals surface area (Å²) in [5.74, 6) is 0.933. The molecule has 0 bridgehead atoms. The maximum absolute atomic E-state index is 6.31. The van der Waals surface area contributed by atoms with Crippen molar-refractivity contribution in [3.63, 3.8) is 0 Å². The third-order valence-corrected chi connectivity index (χ3v) is 4.34. The smallest absolute Gasteiger partial charge is 0.127 e. The van der Waals surface area contributed by atoms with Gasteiger partial charge >= 0.3 is 0 Å². The van der Waals surface area contributed by atoms with Crippen LogP contribution in [0.1, 0.15) is 23.7 Å². The number of alkyl halides is 1. The molecule has 0 fully saturated rings. The molecule has 3 nitrogen and oxygen atoms in total. The number of imidazole rings is 1. The van der Waals surface area contributed by atoms with E-state index in [4.69, 9.17) is 16.6 Å². The van der Waals surface area contributed by atoms with E-state index in [0.717, 1.165) is 29.8 Å². The zero-order valence-electron chi connectivity index (χ0n) is 11.6. The van der Waals surface area contributed by atoms with Crippen LogP contribution in [0.15, 0.2) is 42.7 Å². The highest BCUT2D eigenvalue weighted by Gasteiger charge is 2.15. The minimum atomic E-state index is -0.104. The van der Waals surface area contributed by atoms with Crippen molar-refractivity contribution in [2.45, 2.75) is 25.3 Å². The molecule has 2 aromatic heterocycles. The maximum Gasteiger partial charge on any atom is 0.127 e. The fourth-order valence-corrected chi connectivity index (χ4v) is 3.09. The lowest BCUT2D eigenvalue weighted by Gasteiger charge is -2.10. The van der Waals surface area contributed by atoms with Gasteiger partial charge in [-0.15, -0.1) is 11.6 Å². The highest BCUT2D eigenvalue weighted by Crippen LogP contribution is 2.26. The van der Waals surface area contributed by atoms with Crippen LogP contribution in [0.4, 0.5) is 0 Å². The second kappa shape index (κ2) is 6.32. The predicted octanol–water partition coefficient (Wildman–Crippen LogP) is 4.58. The minimum Gasteiger partial charge on any atom is -0.326 e. The first kappa shape index (κ1) is 14.8. The van der Waals surface area contributed by atoms with Gasteiger partial charge in [-0.1, -0.05) is 0 Å². The van der Waals surface area contributed by atoms with E-state index in [-0.39, 0.29) is 5.38 Å². The summed E-state index contributed by atoms with van der Waals surface area (Å²) in [6, 6.07) is 10.4. The number of fused-ring (bicyclic) bond motifs is 1. The fraction of sp³-hybridized carbons (Fsp3) is 0.250. The Morgan fingerprint density at radius 3 is 2.71 bits per heavy atom. The van der Waals surface area contributed by atoms with Crippen LogP contribution in [0.2, 0.25) is 0 Å². The SMILES string of the molecule is CC(Cl)c1nc2cc(I)ccc2n1CCc1ccncc1. The number of aryl methyl sites for hydroxylation is 2. The molecule has 1 atom stereocenters. The Balaban J connectivity index is 1.97. The summed E-state index contributed by atoms with van der Waals surface area (Å²) >= 11 is 8.61. The van der Waals surface area contributed by atoms with Crippen molar-refractivity contribution in [2.75, 3.05) is 0 Å². The molecular formula is C16H15ClIN3. The Kier molecular flexibility index (Phi) is 4.45. The molecule has 0 aliphatic heterocycles. The molecule has 1 unspecified atom stereocenters. The summed E-state index contributed by atoms with van der Waals surface area (Å²) in [5.41, 5.74) is 3.43. The van der Waals surface area contributed by atoms with Crippen molar-refractivity contribution in [3.05, 3.63) is 57.7 Å².